The van der Waals surface area contributed by atoms with E-state index < -0.39 is 0 Å². The van der Waals surface area contributed by atoms with Gasteiger partial charge in [-0.15, -0.1) is 0 Å². The molecule has 0 aromatic carbocycles. The minimum absolute atomic E-state index is 0.194. The van der Waals surface area contributed by atoms with E-state index in [4.69, 9.17) is 5.11 Å². The van der Waals surface area contributed by atoms with E-state index in [1.54, 1.807) is 18.1 Å². The molecule has 1 fully saturated rings. The molecule has 0 saturated carbocycles. The average molecular weight is 310 g/mol. The molecule has 21 heavy (non-hydrogen) atoms. The van der Waals surface area contributed by atoms with Crippen LogP contribution < -0.4 is 10.2 Å². The fourth-order valence-electron chi connectivity index (χ4n) is 2.76. The topological polar surface area (TPSA) is 61.3 Å². The highest BCUT2D eigenvalue weighted by atomic mass is 32.2. The van der Waals surface area contributed by atoms with Gasteiger partial charge in [-0.05, 0) is 31.4 Å². The standard InChI is InChI=1S/C15H26N4OS/c1-12-4-3-6-19(9-12)15-8-14(16-11-17-15)18-13(5-7-20)10-21-2/h8,11-13,20H,3-7,9-10H2,1-2H3,(H,16,17,18). The summed E-state index contributed by atoms with van der Waals surface area (Å²) in [5, 5.41) is 12.6. The average Bonchev–Trinajstić information content (AvgIpc) is 2.48. The van der Waals surface area contributed by atoms with Gasteiger partial charge in [0.05, 0.1) is 0 Å². The molecule has 5 nitrogen and oxygen atoms in total. The predicted molar refractivity (Wildman–Crippen MR) is 90.1 cm³/mol. The quantitative estimate of drug-likeness (QED) is 0.805. The van der Waals surface area contributed by atoms with Crippen LogP contribution in [-0.4, -0.2) is 52.8 Å². The molecule has 0 aliphatic carbocycles. The van der Waals surface area contributed by atoms with Crippen molar-refractivity contribution in [1.82, 2.24) is 9.97 Å². The van der Waals surface area contributed by atoms with Gasteiger partial charge in [0, 0.05) is 37.6 Å². The fourth-order valence-corrected chi connectivity index (χ4v) is 3.41. The molecule has 1 aromatic rings. The van der Waals surface area contributed by atoms with Gasteiger partial charge in [0.15, 0.2) is 0 Å². The second kappa shape index (κ2) is 8.44. The molecular formula is C15H26N4OS. The van der Waals surface area contributed by atoms with Crippen LogP contribution in [0.2, 0.25) is 0 Å². The van der Waals surface area contributed by atoms with Crippen molar-refractivity contribution in [1.29, 1.82) is 0 Å². The number of anilines is 2. The van der Waals surface area contributed by atoms with Gasteiger partial charge >= 0.3 is 0 Å². The van der Waals surface area contributed by atoms with E-state index in [2.05, 4.69) is 33.4 Å². The highest BCUT2D eigenvalue weighted by Gasteiger charge is 2.18. The predicted octanol–water partition coefficient (Wildman–Crippen LogP) is 2.24. The Morgan fingerprint density at radius 3 is 3.10 bits per heavy atom. The van der Waals surface area contributed by atoms with E-state index in [-0.39, 0.29) is 12.6 Å². The molecule has 2 atom stereocenters. The summed E-state index contributed by atoms with van der Waals surface area (Å²) in [5.74, 6) is 3.54. The van der Waals surface area contributed by atoms with Gasteiger partial charge in [-0.1, -0.05) is 6.92 Å². The van der Waals surface area contributed by atoms with Crippen LogP contribution in [0.5, 0.6) is 0 Å². The normalized spacial score (nSPS) is 20.3. The maximum absolute atomic E-state index is 9.14. The molecule has 0 radical (unpaired) electrons. The van der Waals surface area contributed by atoms with Gasteiger partial charge in [-0.3, -0.25) is 0 Å². The van der Waals surface area contributed by atoms with E-state index in [1.807, 2.05) is 6.07 Å². The number of aromatic nitrogens is 2. The van der Waals surface area contributed by atoms with Crippen LogP contribution in [0.25, 0.3) is 0 Å². The molecule has 1 saturated heterocycles. The van der Waals surface area contributed by atoms with E-state index >= 15 is 0 Å². The number of nitrogens with one attached hydrogen (secondary N) is 1. The van der Waals surface area contributed by atoms with Crippen LogP contribution in [0.15, 0.2) is 12.4 Å². The maximum Gasteiger partial charge on any atom is 0.134 e. The van der Waals surface area contributed by atoms with Crippen molar-refractivity contribution in [3.8, 4) is 0 Å². The van der Waals surface area contributed by atoms with Crippen molar-refractivity contribution in [2.24, 2.45) is 5.92 Å². The van der Waals surface area contributed by atoms with Gasteiger partial charge in [0.25, 0.3) is 0 Å². The van der Waals surface area contributed by atoms with Crippen LogP contribution in [0.4, 0.5) is 11.6 Å². The zero-order valence-electron chi connectivity index (χ0n) is 13.0. The van der Waals surface area contributed by atoms with E-state index in [0.29, 0.717) is 0 Å². The lowest BCUT2D eigenvalue weighted by atomic mass is 10.0. The second-order valence-corrected chi connectivity index (χ2v) is 6.67. The summed E-state index contributed by atoms with van der Waals surface area (Å²) in [6.07, 6.45) is 6.98. The number of piperidine rings is 1. The first-order chi connectivity index (χ1) is 10.2. The third kappa shape index (κ3) is 5.04. The molecule has 2 N–H and O–H groups in total. The molecule has 0 spiro atoms. The summed E-state index contributed by atoms with van der Waals surface area (Å²) < 4.78 is 0. The summed E-state index contributed by atoms with van der Waals surface area (Å²) >= 11 is 1.77. The van der Waals surface area contributed by atoms with Crippen molar-refractivity contribution in [2.45, 2.75) is 32.2 Å². The van der Waals surface area contributed by atoms with Crippen molar-refractivity contribution in [3.63, 3.8) is 0 Å². The van der Waals surface area contributed by atoms with Crippen molar-refractivity contribution >= 4 is 23.4 Å². The summed E-state index contributed by atoms with van der Waals surface area (Å²) in [5.41, 5.74) is 0. The molecular weight excluding hydrogens is 284 g/mol. The van der Waals surface area contributed by atoms with E-state index in [1.165, 1.54) is 12.8 Å². The molecule has 1 aliphatic heterocycles. The summed E-state index contributed by atoms with van der Waals surface area (Å²) in [7, 11) is 0. The van der Waals surface area contributed by atoms with Gasteiger partial charge in [0.2, 0.25) is 0 Å². The molecule has 2 heterocycles. The third-order valence-electron chi connectivity index (χ3n) is 3.83. The largest absolute Gasteiger partial charge is 0.396 e. The lowest BCUT2D eigenvalue weighted by Crippen LogP contribution is -2.35. The Labute approximate surface area is 131 Å². The molecule has 1 aromatic heterocycles. The Hall–Kier alpha value is -1.01. The first kappa shape index (κ1) is 16.4. The Balaban J connectivity index is 2.02. The number of hydrogen-bond donors (Lipinski definition) is 2. The van der Waals surface area contributed by atoms with Crippen molar-refractivity contribution in [3.05, 3.63) is 12.4 Å². The van der Waals surface area contributed by atoms with Crippen molar-refractivity contribution < 1.29 is 5.11 Å². The molecule has 2 rings (SSSR count). The lowest BCUT2D eigenvalue weighted by molar-refractivity contribution is 0.282. The van der Waals surface area contributed by atoms with Crippen molar-refractivity contribution in [2.75, 3.05) is 41.9 Å². The highest BCUT2D eigenvalue weighted by molar-refractivity contribution is 7.98. The zero-order chi connectivity index (χ0) is 15.1. The Morgan fingerprint density at radius 2 is 2.38 bits per heavy atom. The number of aliphatic hydroxyl groups excluding tert-OH is 1. The molecule has 6 heteroatoms. The van der Waals surface area contributed by atoms with Crippen LogP contribution in [0.3, 0.4) is 0 Å². The molecule has 1 aliphatic rings. The number of nitrogens with zero attached hydrogens (tertiary/aromatic N) is 3. The monoisotopic (exact) mass is 310 g/mol. The number of thioether (sulfide) groups is 1. The lowest BCUT2D eigenvalue weighted by Gasteiger charge is -2.32. The third-order valence-corrected chi connectivity index (χ3v) is 4.57. The zero-order valence-corrected chi connectivity index (χ0v) is 13.8. The summed E-state index contributed by atoms with van der Waals surface area (Å²) in [4.78, 5) is 11.1. The van der Waals surface area contributed by atoms with Gasteiger partial charge < -0.3 is 15.3 Å². The van der Waals surface area contributed by atoms with Crippen LogP contribution >= 0.6 is 11.8 Å². The molecule has 2 unspecified atom stereocenters. The number of hydrogen-bond acceptors (Lipinski definition) is 6. The maximum atomic E-state index is 9.14. The Morgan fingerprint density at radius 1 is 1.52 bits per heavy atom. The second-order valence-electron chi connectivity index (χ2n) is 5.76. The fraction of sp³-hybridized carbons (Fsp3) is 0.733. The van der Waals surface area contributed by atoms with Gasteiger partial charge in [0.1, 0.15) is 18.0 Å². The molecule has 0 amide bonds. The van der Waals surface area contributed by atoms with Crippen LogP contribution in [0, 0.1) is 5.92 Å². The summed E-state index contributed by atoms with van der Waals surface area (Å²) in [6.45, 7) is 4.63. The first-order valence-corrected chi connectivity index (χ1v) is 9.05. The molecule has 0 bridgehead atoms. The van der Waals surface area contributed by atoms with E-state index in [0.717, 1.165) is 42.8 Å². The number of aliphatic hydroxyl groups is 1. The first-order valence-electron chi connectivity index (χ1n) is 7.66. The Bertz CT molecular complexity index is 426. The summed E-state index contributed by atoms with van der Waals surface area (Å²) in [6, 6.07) is 2.27. The molecule has 118 valence electrons. The highest BCUT2D eigenvalue weighted by Crippen LogP contribution is 2.22. The van der Waals surface area contributed by atoms with Gasteiger partial charge in [-0.2, -0.15) is 11.8 Å². The smallest absolute Gasteiger partial charge is 0.134 e. The SMILES string of the molecule is CSCC(CCO)Nc1cc(N2CCCC(C)C2)ncn1. The van der Waals surface area contributed by atoms with Crippen LogP contribution in [-0.2, 0) is 0 Å². The minimum atomic E-state index is 0.194. The number of rotatable bonds is 7. The minimum Gasteiger partial charge on any atom is -0.396 e. The van der Waals surface area contributed by atoms with E-state index in [9.17, 15) is 0 Å². The Kier molecular flexibility index (Phi) is 6.57. The van der Waals surface area contributed by atoms with Gasteiger partial charge in [-0.25, -0.2) is 9.97 Å². The van der Waals surface area contributed by atoms with Crippen LogP contribution in [0.1, 0.15) is 26.2 Å².